The molecule has 34 heavy (non-hydrogen) atoms. The Bertz CT molecular complexity index is 1370. The van der Waals surface area contributed by atoms with Crippen LogP contribution in [-0.2, 0) is 21.2 Å². The van der Waals surface area contributed by atoms with Crippen molar-refractivity contribution < 1.29 is 13.2 Å². The molecule has 0 spiro atoms. The summed E-state index contributed by atoms with van der Waals surface area (Å²) >= 11 is 13.2. The Balaban J connectivity index is 2.06. The minimum Gasteiger partial charge on any atom is -0.369 e. The van der Waals surface area contributed by atoms with Crippen LogP contribution in [0.15, 0.2) is 59.5 Å². The van der Waals surface area contributed by atoms with Gasteiger partial charge in [-0.1, -0.05) is 47.5 Å². The fourth-order valence-corrected chi connectivity index (χ4v) is 5.13. The molecular weight excluding hydrogens is 493 g/mol. The Labute approximate surface area is 209 Å². The zero-order chi connectivity index (χ0) is 25.2. The number of carbonyl (C=O) groups excluding carboxylic acids is 1. The minimum absolute atomic E-state index is 0.136. The van der Waals surface area contributed by atoms with Crippen molar-refractivity contribution in [2.24, 2.45) is 5.73 Å². The summed E-state index contributed by atoms with van der Waals surface area (Å²) in [5.41, 5.74) is 9.28. The zero-order valence-corrected chi connectivity index (χ0v) is 21.2. The predicted octanol–water partition coefficient (Wildman–Crippen LogP) is 4.61. The van der Waals surface area contributed by atoms with Crippen LogP contribution in [0.1, 0.15) is 28.2 Å². The number of amides is 1. The third kappa shape index (κ3) is 5.60. The summed E-state index contributed by atoms with van der Waals surface area (Å²) in [5, 5.41) is 10.2. The Kier molecular flexibility index (Phi) is 7.69. The van der Waals surface area contributed by atoms with Crippen LogP contribution >= 0.6 is 23.2 Å². The highest BCUT2D eigenvalue weighted by Crippen LogP contribution is 2.39. The second-order valence-corrected chi connectivity index (χ2v) is 11.1. The minimum atomic E-state index is -3.38. The van der Waals surface area contributed by atoms with Crippen molar-refractivity contribution in [2.75, 3.05) is 20.4 Å². The van der Waals surface area contributed by atoms with E-state index in [2.05, 4.69) is 6.07 Å². The van der Waals surface area contributed by atoms with Crippen LogP contribution in [0.5, 0.6) is 0 Å². The van der Waals surface area contributed by atoms with Gasteiger partial charge in [-0.2, -0.15) is 5.26 Å². The molecule has 0 aliphatic heterocycles. The molecule has 2 N–H and O–H groups in total. The molecule has 0 heterocycles. The van der Waals surface area contributed by atoms with Crippen LogP contribution < -0.4 is 5.73 Å². The number of halogens is 2. The standard InChI is InChI=1S/C25H23Cl2N3O3S/c1-30(2)14-17-5-4-16(10-19(17)13-28)24-21(26)11-18(12-22(24)27)23(25(29)31)15-6-8-20(9-7-15)34(3,32)33/h4-12,23H,14H2,1-3H3,(H2,29,31). The molecule has 0 aromatic heterocycles. The highest BCUT2D eigenvalue weighted by molar-refractivity contribution is 7.90. The van der Waals surface area contributed by atoms with Crippen molar-refractivity contribution in [2.45, 2.75) is 17.4 Å². The van der Waals surface area contributed by atoms with Crippen LogP contribution in [0.25, 0.3) is 11.1 Å². The Morgan fingerprint density at radius 1 is 1.03 bits per heavy atom. The fraction of sp³-hybridized carbons (Fsp3) is 0.200. The van der Waals surface area contributed by atoms with Gasteiger partial charge < -0.3 is 10.6 Å². The van der Waals surface area contributed by atoms with Gasteiger partial charge in [-0.15, -0.1) is 0 Å². The molecule has 3 aromatic rings. The first-order valence-electron chi connectivity index (χ1n) is 10.2. The van der Waals surface area contributed by atoms with Gasteiger partial charge in [0.25, 0.3) is 0 Å². The van der Waals surface area contributed by atoms with Crippen molar-refractivity contribution in [1.29, 1.82) is 5.26 Å². The third-order valence-corrected chi connectivity index (χ3v) is 7.05. The highest BCUT2D eigenvalue weighted by atomic mass is 35.5. The summed E-state index contributed by atoms with van der Waals surface area (Å²) in [4.78, 5) is 14.5. The van der Waals surface area contributed by atoms with Gasteiger partial charge in [-0.3, -0.25) is 4.79 Å². The molecule has 3 rings (SSSR count). The molecule has 3 aromatic carbocycles. The molecule has 0 saturated carbocycles. The summed E-state index contributed by atoms with van der Waals surface area (Å²) in [6.07, 6.45) is 1.11. The number of hydrogen-bond acceptors (Lipinski definition) is 5. The zero-order valence-electron chi connectivity index (χ0n) is 18.8. The van der Waals surface area contributed by atoms with E-state index in [1.807, 2.05) is 31.1 Å². The van der Waals surface area contributed by atoms with Gasteiger partial charge in [-0.05, 0) is 66.7 Å². The predicted molar refractivity (Wildman–Crippen MR) is 135 cm³/mol. The first-order chi connectivity index (χ1) is 15.9. The first kappa shape index (κ1) is 25.7. The van der Waals surface area contributed by atoms with Crippen LogP contribution in [-0.4, -0.2) is 39.6 Å². The molecule has 1 amide bonds. The lowest BCUT2D eigenvalue weighted by Crippen LogP contribution is -2.22. The lowest BCUT2D eigenvalue weighted by molar-refractivity contribution is -0.118. The molecule has 1 unspecified atom stereocenters. The average Bonchev–Trinajstić information content (AvgIpc) is 2.73. The second kappa shape index (κ2) is 10.2. The molecule has 0 radical (unpaired) electrons. The van der Waals surface area contributed by atoms with E-state index in [0.717, 1.165) is 11.8 Å². The maximum Gasteiger partial charge on any atom is 0.229 e. The number of nitrogens with zero attached hydrogens (tertiary/aromatic N) is 2. The number of primary amides is 1. The largest absolute Gasteiger partial charge is 0.369 e. The number of nitrogens with two attached hydrogens (primary N) is 1. The van der Waals surface area contributed by atoms with E-state index in [1.165, 1.54) is 12.1 Å². The van der Waals surface area contributed by atoms with Crippen LogP contribution in [0.3, 0.4) is 0 Å². The Hall–Kier alpha value is -2.89. The van der Waals surface area contributed by atoms with Gasteiger partial charge in [0, 0.05) is 18.4 Å². The number of benzene rings is 3. The maximum atomic E-state index is 12.3. The Morgan fingerprint density at radius 2 is 1.62 bits per heavy atom. The lowest BCUT2D eigenvalue weighted by atomic mass is 9.89. The molecule has 6 nitrogen and oxygen atoms in total. The highest BCUT2D eigenvalue weighted by Gasteiger charge is 2.24. The molecule has 0 fully saturated rings. The number of sulfone groups is 1. The van der Waals surface area contributed by atoms with Crippen LogP contribution in [0.2, 0.25) is 10.0 Å². The van der Waals surface area contributed by atoms with Gasteiger partial charge in [0.15, 0.2) is 9.84 Å². The third-order valence-electron chi connectivity index (χ3n) is 5.33. The number of hydrogen-bond donors (Lipinski definition) is 1. The van der Waals surface area contributed by atoms with Gasteiger partial charge >= 0.3 is 0 Å². The quantitative estimate of drug-likeness (QED) is 0.494. The van der Waals surface area contributed by atoms with Crippen molar-refractivity contribution in [3.8, 4) is 17.2 Å². The van der Waals surface area contributed by atoms with Crippen molar-refractivity contribution in [1.82, 2.24) is 4.90 Å². The maximum absolute atomic E-state index is 12.3. The number of rotatable bonds is 7. The summed E-state index contributed by atoms with van der Waals surface area (Å²) in [6, 6.07) is 16.8. The number of carbonyl (C=O) groups is 1. The molecule has 0 aliphatic rings. The van der Waals surface area contributed by atoms with Crippen molar-refractivity contribution in [3.05, 3.63) is 86.9 Å². The summed E-state index contributed by atoms with van der Waals surface area (Å²) in [6.45, 7) is 0.613. The van der Waals surface area contributed by atoms with Gasteiger partial charge in [0.2, 0.25) is 5.91 Å². The fourth-order valence-electron chi connectivity index (χ4n) is 3.78. The van der Waals surface area contributed by atoms with E-state index < -0.39 is 21.7 Å². The van der Waals surface area contributed by atoms with Crippen LogP contribution in [0, 0.1) is 11.3 Å². The van der Waals surface area contributed by atoms with Gasteiger partial charge in [0.1, 0.15) is 0 Å². The Morgan fingerprint density at radius 3 is 2.09 bits per heavy atom. The van der Waals surface area contributed by atoms with E-state index >= 15 is 0 Å². The SMILES string of the molecule is CN(C)Cc1ccc(-c2c(Cl)cc(C(C(N)=O)c3ccc(S(C)(=O)=O)cc3)cc2Cl)cc1C#N. The molecule has 9 heteroatoms. The van der Waals surface area contributed by atoms with E-state index in [1.54, 1.807) is 30.3 Å². The van der Waals surface area contributed by atoms with E-state index in [0.29, 0.717) is 44.4 Å². The molecule has 1 atom stereocenters. The molecule has 0 saturated heterocycles. The van der Waals surface area contributed by atoms with Crippen molar-refractivity contribution in [3.63, 3.8) is 0 Å². The molecule has 0 aliphatic carbocycles. The number of nitriles is 1. The normalized spacial score (nSPS) is 12.4. The van der Waals surface area contributed by atoms with Crippen molar-refractivity contribution >= 4 is 38.9 Å². The summed E-state index contributed by atoms with van der Waals surface area (Å²) in [7, 11) is 0.464. The molecular formula is C25H23Cl2N3O3S. The van der Waals surface area contributed by atoms with E-state index in [4.69, 9.17) is 28.9 Å². The van der Waals surface area contributed by atoms with Crippen LogP contribution in [0.4, 0.5) is 0 Å². The topological polar surface area (TPSA) is 104 Å². The lowest BCUT2D eigenvalue weighted by Gasteiger charge is -2.18. The summed E-state index contributed by atoms with van der Waals surface area (Å²) < 4.78 is 23.5. The molecule has 176 valence electrons. The molecule has 0 bridgehead atoms. The van der Waals surface area contributed by atoms with E-state index in [9.17, 15) is 18.5 Å². The van der Waals surface area contributed by atoms with Gasteiger partial charge in [0.05, 0.1) is 32.5 Å². The van der Waals surface area contributed by atoms with Gasteiger partial charge in [-0.25, -0.2) is 8.42 Å². The summed E-state index contributed by atoms with van der Waals surface area (Å²) in [5.74, 6) is -1.51. The average molecular weight is 516 g/mol. The first-order valence-corrected chi connectivity index (χ1v) is 12.8. The smallest absolute Gasteiger partial charge is 0.229 e. The second-order valence-electron chi connectivity index (χ2n) is 8.26. The van der Waals surface area contributed by atoms with E-state index in [-0.39, 0.29) is 4.90 Å². The monoisotopic (exact) mass is 515 g/mol.